The lowest BCUT2D eigenvalue weighted by molar-refractivity contribution is 0.692. The molecule has 0 saturated heterocycles. The molecular formula is C12H12ClN3O. The predicted molar refractivity (Wildman–Crippen MR) is 66.3 cm³/mol. The van der Waals surface area contributed by atoms with Gasteiger partial charge in [0, 0.05) is 17.6 Å². The Morgan fingerprint density at radius 1 is 1.35 bits per heavy atom. The van der Waals surface area contributed by atoms with Gasteiger partial charge >= 0.3 is 5.69 Å². The molecular weight excluding hydrogens is 238 g/mol. The average molecular weight is 250 g/mol. The van der Waals surface area contributed by atoms with Gasteiger partial charge < -0.3 is 0 Å². The highest BCUT2D eigenvalue weighted by atomic mass is 35.5. The minimum Gasteiger partial charge on any atom is -0.292 e. The molecule has 0 aromatic carbocycles. The molecule has 0 bridgehead atoms. The van der Waals surface area contributed by atoms with E-state index in [0.29, 0.717) is 11.7 Å². The lowest BCUT2D eigenvalue weighted by Crippen LogP contribution is -2.26. The second-order valence-electron chi connectivity index (χ2n) is 3.90. The molecule has 88 valence electrons. The van der Waals surface area contributed by atoms with Gasteiger partial charge in [0.25, 0.3) is 0 Å². The number of nitrogens with zero attached hydrogens (tertiary/aromatic N) is 3. The quantitative estimate of drug-likeness (QED) is 0.765. The SMILES string of the molecule is Cc1cc(C)n(Cc2ccc(Cl)nc2)c(=O)n1. The standard InChI is InChI=1S/C12H12ClN3O/c1-8-5-9(2)16(12(17)15-8)7-10-3-4-11(13)14-6-10/h3-6H,7H2,1-2H3. The summed E-state index contributed by atoms with van der Waals surface area (Å²) in [5.74, 6) is 0. The number of halogens is 1. The molecule has 0 unspecified atom stereocenters. The van der Waals surface area contributed by atoms with E-state index in [9.17, 15) is 4.79 Å². The average Bonchev–Trinajstić information content (AvgIpc) is 2.26. The Morgan fingerprint density at radius 2 is 2.12 bits per heavy atom. The van der Waals surface area contributed by atoms with Crippen molar-refractivity contribution in [2.75, 3.05) is 0 Å². The molecule has 0 fully saturated rings. The van der Waals surface area contributed by atoms with Gasteiger partial charge in [0.2, 0.25) is 0 Å². The molecule has 0 radical (unpaired) electrons. The highest BCUT2D eigenvalue weighted by Crippen LogP contribution is 2.07. The van der Waals surface area contributed by atoms with Crippen molar-refractivity contribution in [3.8, 4) is 0 Å². The van der Waals surface area contributed by atoms with Crippen LogP contribution in [0.2, 0.25) is 5.15 Å². The van der Waals surface area contributed by atoms with Crippen molar-refractivity contribution in [2.24, 2.45) is 0 Å². The van der Waals surface area contributed by atoms with Gasteiger partial charge in [-0.3, -0.25) is 4.57 Å². The maximum absolute atomic E-state index is 11.7. The molecule has 0 spiro atoms. The summed E-state index contributed by atoms with van der Waals surface area (Å²) in [7, 11) is 0. The molecule has 0 saturated carbocycles. The monoisotopic (exact) mass is 249 g/mol. The Labute approximate surface area is 104 Å². The van der Waals surface area contributed by atoms with Gasteiger partial charge in [0.05, 0.1) is 6.54 Å². The van der Waals surface area contributed by atoms with Gasteiger partial charge in [0.1, 0.15) is 5.15 Å². The van der Waals surface area contributed by atoms with Crippen LogP contribution < -0.4 is 5.69 Å². The molecule has 2 rings (SSSR count). The molecule has 2 aromatic heterocycles. The van der Waals surface area contributed by atoms with Crippen molar-refractivity contribution in [3.05, 3.63) is 57.0 Å². The fraction of sp³-hybridized carbons (Fsp3) is 0.250. The van der Waals surface area contributed by atoms with Crippen molar-refractivity contribution >= 4 is 11.6 Å². The number of rotatable bonds is 2. The van der Waals surface area contributed by atoms with Crippen LogP contribution in [0.5, 0.6) is 0 Å². The number of aromatic nitrogens is 3. The molecule has 0 atom stereocenters. The molecule has 5 heteroatoms. The number of aryl methyl sites for hydroxylation is 2. The minimum absolute atomic E-state index is 0.238. The second-order valence-corrected chi connectivity index (χ2v) is 4.28. The fourth-order valence-corrected chi connectivity index (χ4v) is 1.76. The largest absolute Gasteiger partial charge is 0.348 e. The Balaban J connectivity index is 2.36. The summed E-state index contributed by atoms with van der Waals surface area (Å²) in [6.45, 7) is 4.16. The van der Waals surface area contributed by atoms with Crippen molar-refractivity contribution in [3.63, 3.8) is 0 Å². The fourth-order valence-electron chi connectivity index (χ4n) is 1.65. The molecule has 17 heavy (non-hydrogen) atoms. The highest BCUT2D eigenvalue weighted by molar-refractivity contribution is 6.29. The Hall–Kier alpha value is -1.68. The first-order valence-electron chi connectivity index (χ1n) is 5.22. The third-order valence-corrected chi connectivity index (χ3v) is 2.70. The number of hydrogen-bond acceptors (Lipinski definition) is 3. The molecule has 0 aliphatic rings. The molecule has 0 aliphatic heterocycles. The highest BCUT2D eigenvalue weighted by Gasteiger charge is 2.04. The summed E-state index contributed by atoms with van der Waals surface area (Å²) in [5, 5.41) is 0.444. The summed E-state index contributed by atoms with van der Waals surface area (Å²) >= 11 is 5.71. The summed E-state index contributed by atoms with van der Waals surface area (Å²) in [4.78, 5) is 19.6. The third-order valence-electron chi connectivity index (χ3n) is 2.48. The smallest absolute Gasteiger partial charge is 0.292 e. The van der Waals surface area contributed by atoms with Crippen LogP contribution in [0, 0.1) is 13.8 Å². The zero-order valence-electron chi connectivity index (χ0n) is 9.64. The molecule has 2 heterocycles. The van der Waals surface area contributed by atoms with Crippen molar-refractivity contribution in [1.82, 2.24) is 14.5 Å². The second kappa shape index (κ2) is 4.67. The van der Waals surface area contributed by atoms with E-state index in [-0.39, 0.29) is 5.69 Å². The van der Waals surface area contributed by atoms with E-state index in [0.717, 1.165) is 17.0 Å². The summed E-state index contributed by atoms with van der Waals surface area (Å²) in [5.41, 5.74) is 2.30. The lowest BCUT2D eigenvalue weighted by Gasteiger charge is -2.09. The van der Waals surface area contributed by atoms with Crippen LogP contribution in [0.25, 0.3) is 0 Å². The topological polar surface area (TPSA) is 47.8 Å². The van der Waals surface area contributed by atoms with Gasteiger partial charge in [-0.15, -0.1) is 0 Å². The van der Waals surface area contributed by atoms with Crippen molar-refractivity contribution in [1.29, 1.82) is 0 Å². The van der Waals surface area contributed by atoms with E-state index in [1.807, 2.05) is 26.0 Å². The molecule has 0 amide bonds. The van der Waals surface area contributed by atoms with E-state index in [1.165, 1.54) is 0 Å². The Bertz CT molecular complexity index is 590. The molecule has 0 N–H and O–H groups in total. The Morgan fingerprint density at radius 3 is 2.71 bits per heavy atom. The summed E-state index contributed by atoms with van der Waals surface area (Å²) in [6.07, 6.45) is 1.66. The van der Waals surface area contributed by atoms with Crippen LogP contribution in [0.15, 0.2) is 29.2 Å². The van der Waals surface area contributed by atoms with Gasteiger partial charge in [-0.05, 0) is 31.5 Å². The van der Waals surface area contributed by atoms with Gasteiger partial charge in [-0.2, -0.15) is 4.98 Å². The zero-order chi connectivity index (χ0) is 12.4. The van der Waals surface area contributed by atoms with E-state index < -0.39 is 0 Å². The van der Waals surface area contributed by atoms with Crippen LogP contribution in [0.1, 0.15) is 17.0 Å². The van der Waals surface area contributed by atoms with Crippen LogP contribution in [-0.4, -0.2) is 14.5 Å². The first-order chi connectivity index (χ1) is 8.06. The van der Waals surface area contributed by atoms with Crippen LogP contribution >= 0.6 is 11.6 Å². The summed E-state index contributed by atoms with van der Waals surface area (Å²) < 4.78 is 1.61. The molecule has 0 aliphatic carbocycles. The molecule has 4 nitrogen and oxygen atoms in total. The van der Waals surface area contributed by atoms with Crippen molar-refractivity contribution < 1.29 is 0 Å². The van der Waals surface area contributed by atoms with Gasteiger partial charge in [0.15, 0.2) is 0 Å². The third kappa shape index (κ3) is 2.71. The normalized spacial score (nSPS) is 10.5. The predicted octanol–water partition coefficient (Wildman–Crippen LogP) is 1.96. The van der Waals surface area contributed by atoms with Crippen LogP contribution in [-0.2, 0) is 6.54 Å². The van der Waals surface area contributed by atoms with Gasteiger partial charge in [-0.1, -0.05) is 17.7 Å². The first-order valence-corrected chi connectivity index (χ1v) is 5.59. The maximum atomic E-state index is 11.7. The van der Waals surface area contributed by atoms with Crippen LogP contribution in [0.4, 0.5) is 0 Å². The Kier molecular flexibility index (Phi) is 3.24. The van der Waals surface area contributed by atoms with Crippen LogP contribution in [0.3, 0.4) is 0 Å². The van der Waals surface area contributed by atoms with E-state index in [1.54, 1.807) is 16.8 Å². The maximum Gasteiger partial charge on any atom is 0.348 e. The molecule has 2 aromatic rings. The van der Waals surface area contributed by atoms with E-state index >= 15 is 0 Å². The minimum atomic E-state index is -0.238. The van der Waals surface area contributed by atoms with E-state index in [4.69, 9.17) is 11.6 Å². The lowest BCUT2D eigenvalue weighted by atomic mass is 10.2. The van der Waals surface area contributed by atoms with Gasteiger partial charge in [-0.25, -0.2) is 9.78 Å². The van der Waals surface area contributed by atoms with E-state index in [2.05, 4.69) is 9.97 Å². The zero-order valence-corrected chi connectivity index (χ0v) is 10.4. The first kappa shape index (κ1) is 11.8. The summed E-state index contributed by atoms with van der Waals surface area (Å²) in [6, 6.07) is 5.44. The van der Waals surface area contributed by atoms with Crippen molar-refractivity contribution in [2.45, 2.75) is 20.4 Å². The number of pyridine rings is 1. The number of hydrogen-bond donors (Lipinski definition) is 0.